The number of hydrogen-bond donors (Lipinski definition) is 5. The molecular weight excluding hydrogens is 559 g/mol. The molecule has 212 valence electrons. The van der Waals surface area contributed by atoms with E-state index in [0.717, 1.165) is 21.4 Å². The molecule has 2 aromatic heterocycles. The van der Waals surface area contributed by atoms with Crippen LogP contribution in [0.15, 0.2) is 64.4 Å². The zero-order chi connectivity index (χ0) is 28.7. The summed E-state index contributed by atoms with van der Waals surface area (Å²) >= 11 is 0. The molecule has 1 fully saturated rings. The summed E-state index contributed by atoms with van der Waals surface area (Å²) in [6.45, 7) is 3.25. The van der Waals surface area contributed by atoms with E-state index in [9.17, 15) is 29.1 Å². The zero-order valence-electron chi connectivity index (χ0n) is 20.8. The molecule has 0 bridgehead atoms. The third-order valence-corrected chi connectivity index (χ3v) is 7.01. The third kappa shape index (κ3) is 7.80. The van der Waals surface area contributed by atoms with Gasteiger partial charge in [-0.15, -0.1) is 0 Å². The molecule has 39 heavy (non-hydrogen) atoms. The number of aromatic nitrogens is 3. The molecule has 5 N–H and O–H groups in total. The molecule has 0 radical (unpaired) electrons. The Kier molecular flexibility index (Phi) is 11.3. The van der Waals surface area contributed by atoms with E-state index in [4.69, 9.17) is 19.0 Å². The number of aliphatic hydroxyl groups is 2. The SMILES string of the molecule is CC.O=c1ccn(C2OC(COP(O)OP(O)O)C(O)C2O)c(=O)n1Cc1cc(-c2cccc(F)c2)ccn1. The minimum Gasteiger partial charge on any atom is -0.387 e. The van der Waals surface area contributed by atoms with Crippen molar-refractivity contribution in [1.29, 1.82) is 0 Å². The number of aliphatic hydroxyl groups excluding tert-OH is 2. The molecule has 3 aromatic rings. The molecule has 0 aliphatic carbocycles. The van der Waals surface area contributed by atoms with Gasteiger partial charge in [-0.3, -0.25) is 18.9 Å². The summed E-state index contributed by atoms with van der Waals surface area (Å²) in [4.78, 5) is 56.8. The fourth-order valence-electron chi connectivity index (χ4n) is 3.76. The lowest BCUT2D eigenvalue weighted by Gasteiger charge is -2.19. The Hall–Kier alpha value is -2.48. The molecule has 1 saturated heterocycles. The van der Waals surface area contributed by atoms with Gasteiger partial charge in [-0.1, -0.05) is 26.0 Å². The second-order valence-corrected chi connectivity index (χ2v) is 9.78. The number of benzene rings is 1. The first-order chi connectivity index (χ1) is 18.6. The van der Waals surface area contributed by atoms with Crippen molar-refractivity contribution in [2.45, 2.75) is 44.9 Å². The van der Waals surface area contributed by atoms with E-state index in [1.807, 2.05) is 13.8 Å². The van der Waals surface area contributed by atoms with Crippen LogP contribution in [-0.2, 0) is 20.1 Å². The number of rotatable bonds is 9. The lowest BCUT2D eigenvalue weighted by Crippen LogP contribution is -2.43. The highest BCUT2D eigenvalue weighted by molar-refractivity contribution is 7.54. The standard InChI is InChI=1S/C21H22FN3O10P2.C2H6/c22-14-3-1-2-12(8-14)13-4-6-23-15(9-13)10-25-17(26)5-7-24(21(25)29)20-19(28)18(27)16(34-20)11-33-37(32)35-36(30)31;1-2/h1-9,16,18-20,27-28,30-32H,10-11H2;1-2H3. The van der Waals surface area contributed by atoms with Crippen molar-refractivity contribution in [1.82, 2.24) is 14.1 Å². The first-order valence-electron chi connectivity index (χ1n) is 11.7. The maximum Gasteiger partial charge on any atom is 0.337 e. The van der Waals surface area contributed by atoms with Gasteiger partial charge >= 0.3 is 22.9 Å². The van der Waals surface area contributed by atoms with E-state index >= 15 is 0 Å². The van der Waals surface area contributed by atoms with E-state index in [1.54, 1.807) is 24.3 Å². The molecule has 1 aliphatic heterocycles. The first-order valence-corrected chi connectivity index (χ1v) is 14.0. The van der Waals surface area contributed by atoms with Gasteiger partial charge in [0.2, 0.25) is 0 Å². The van der Waals surface area contributed by atoms with Crippen LogP contribution in [0.3, 0.4) is 0 Å². The van der Waals surface area contributed by atoms with Crippen molar-refractivity contribution in [3.63, 3.8) is 0 Å². The molecule has 1 aromatic carbocycles. The van der Waals surface area contributed by atoms with Gasteiger partial charge in [0, 0.05) is 18.5 Å². The summed E-state index contributed by atoms with van der Waals surface area (Å²) < 4.78 is 30.1. The minimum absolute atomic E-state index is 0.239. The van der Waals surface area contributed by atoms with Crippen LogP contribution in [0.5, 0.6) is 0 Å². The molecule has 5 unspecified atom stereocenters. The topological polar surface area (TPSA) is 186 Å². The van der Waals surface area contributed by atoms with Gasteiger partial charge in [0.25, 0.3) is 5.56 Å². The van der Waals surface area contributed by atoms with E-state index in [2.05, 4.69) is 9.29 Å². The Morgan fingerprint density at radius 1 is 1.05 bits per heavy atom. The van der Waals surface area contributed by atoms with Crippen molar-refractivity contribution < 1.29 is 42.9 Å². The summed E-state index contributed by atoms with van der Waals surface area (Å²) in [6.07, 6.45) is -3.22. The maximum absolute atomic E-state index is 13.6. The van der Waals surface area contributed by atoms with Crippen LogP contribution in [-0.4, -0.2) is 63.9 Å². The largest absolute Gasteiger partial charge is 0.387 e. The molecule has 0 amide bonds. The van der Waals surface area contributed by atoms with Crippen LogP contribution in [0.4, 0.5) is 4.39 Å². The molecule has 0 saturated carbocycles. The van der Waals surface area contributed by atoms with Gasteiger partial charge in [0.1, 0.15) is 24.1 Å². The number of pyridine rings is 1. The molecule has 4 rings (SSSR count). The van der Waals surface area contributed by atoms with Crippen LogP contribution >= 0.6 is 17.2 Å². The normalized spacial score (nSPS) is 21.5. The summed E-state index contributed by atoms with van der Waals surface area (Å²) in [6, 6.07) is 10.2. The number of ether oxygens (including phenoxy) is 1. The average molecular weight is 587 g/mol. The molecule has 0 spiro atoms. The minimum atomic E-state index is -2.88. The average Bonchev–Trinajstić information content (AvgIpc) is 3.19. The predicted octanol–water partition coefficient (Wildman–Crippen LogP) is 1.37. The molecule has 13 nitrogen and oxygen atoms in total. The quantitative estimate of drug-likeness (QED) is 0.228. The van der Waals surface area contributed by atoms with Gasteiger partial charge in [-0.2, -0.15) is 0 Å². The van der Waals surface area contributed by atoms with Crippen LogP contribution in [0.1, 0.15) is 25.8 Å². The molecular formula is C23H28FN3O10P2. The van der Waals surface area contributed by atoms with Crippen LogP contribution in [0, 0.1) is 5.82 Å². The van der Waals surface area contributed by atoms with Crippen LogP contribution in [0.25, 0.3) is 11.1 Å². The van der Waals surface area contributed by atoms with Gasteiger partial charge in [0.15, 0.2) is 6.23 Å². The maximum atomic E-state index is 13.6. The molecule has 16 heteroatoms. The van der Waals surface area contributed by atoms with Crippen molar-refractivity contribution in [3.05, 3.63) is 87.2 Å². The van der Waals surface area contributed by atoms with Gasteiger partial charge < -0.3 is 34.2 Å². The fraction of sp³-hybridized carbons (Fsp3) is 0.348. The Balaban J connectivity index is 0.00000205. The number of halogens is 1. The summed E-state index contributed by atoms with van der Waals surface area (Å²) in [7, 11) is -5.57. The van der Waals surface area contributed by atoms with E-state index in [0.29, 0.717) is 16.8 Å². The van der Waals surface area contributed by atoms with E-state index < -0.39 is 65.4 Å². The van der Waals surface area contributed by atoms with Gasteiger partial charge in [0.05, 0.1) is 18.8 Å². The Morgan fingerprint density at radius 3 is 2.46 bits per heavy atom. The highest BCUT2D eigenvalue weighted by Crippen LogP contribution is 2.46. The number of nitrogens with zero attached hydrogens (tertiary/aromatic N) is 3. The van der Waals surface area contributed by atoms with E-state index in [1.165, 1.54) is 18.3 Å². The van der Waals surface area contributed by atoms with Crippen molar-refractivity contribution in [2.24, 2.45) is 0 Å². The van der Waals surface area contributed by atoms with E-state index in [-0.39, 0.29) is 6.54 Å². The van der Waals surface area contributed by atoms with Crippen LogP contribution in [0.2, 0.25) is 0 Å². The van der Waals surface area contributed by atoms with Crippen LogP contribution < -0.4 is 11.2 Å². The van der Waals surface area contributed by atoms with Gasteiger partial charge in [-0.05, 0) is 35.4 Å². The Bertz CT molecular complexity index is 1360. The molecule has 1 aliphatic rings. The second-order valence-electron chi connectivity index (χ2n) is 7.89. The zero-order valence-corrected chi connectivity index (χ0v) is 22.6. The van der Waals surface area contributed by atoms with Crippen molar-refractivity contribution in [3.8, 4) is 11.1 Å². The lowest BCUT2D eigenvalue weighted by atomic mass is 10.1. The molecule has 3 heterocycles. The number of hydrogen-bond acceptors (Lipinski definition) is 11. The second kappa shape index (κ2) is 14.2. The summed E-state index contributed by atoms with van der Waals surface area (Å²) in [5, 5.41) is 20.8. The van der Waals surface area contributed by atoms with Crippen molar-refractivity contribution >= 4 is 17.2 Å². The summed E-state index contributed by atoms with van der Waals surface area (Å²) in [5.41, 5.74) is 0.0266. The first kappa shape index (κ1) is 31.1. The van der Waals surface area contributed by atoms with Crippen molar-refractivity contribution in [2.75, 3.05) is 6.61 Å². The van der Waals surface area contributed by atoms with Gasteiger partial charge in [-0.25, -0.2) is 13.5 Å². The lowest BCUT2D eigenvalue weighted by molar-refractivity contribution is -0.0530. The Labute approximate surface area is 224 Å². The predicted molar refractivity (Wildman–Crippen MR) is 138 cm³/mol. The summed E-state index contributed by atoms with van der Waals surface area (Å²) in [5.74, 6) is -0.422. The third-order valence-electron chi connectivity index (χ3n) is 5.49. The highest BCUT2D eigenvalue weighted by Gasteiger charge is 2.44. The fourth-order valence-corrected chi connectivity index (χ4v) is 4.73. The monoisotopic (exact) mass is 587 g/mol. The Morgan fingerprint density at radius 2 is 1.77 bits per heavy atom. The molecule has 5 atom stereocenters. The smallest absolute Gasteiger partial charge is 0.337 e. The highest BCUT2D eigenvalue weighted by atomic mass is 31.2.